The number of hydrogen-bond donors (Lipinski definition) is 2. The van der Waals surface area contributed by atoms with Crippen molar-refractivity contribution in [3.63, 3.8) is 0 Å². The van der Waals surface area contributed by atoms with Gasteiger partial charge in [-0.15, -0.1) is 0 Å². The summed E-state index contributed by atoms with van der Waals surface area (Å²) in [7, 11) is 0. The van der Waals surface area contributed by atoms with E-state index in [2.05, 4.69) is 17.2 Å². The predicted molar refractivity (Wildman–Crippen MR) is 67.5 cm³/mol. The zero-order valence-corrected chi connectivity index (χ0v) is 9.60. The number of anilines is 1. The average molecular weight is 230 g/mol. The van der Waals surface area contributed by atoms with E-state index in [1.807, 2.05) is 6.07 Å². The number of carboxylic acids is 1. The number of carboxylic acid groups (broad SMARTS) is 1. The Balaban J connectivity index is 2.51. The van der Waals surface area contributed by atoms with Gasteiger partial charge in [-0.05, 0) is 30.0 Å². The van der Waals surface area contributed by atoms with Crippen molar-refractivity contribution in [2.24, 2.45) is 0 Å². The topological polar surface area (TPSA) is 62.2 Å². The van der Waals surface area contributed by atoms with Crippen molar-refractivity contribution in [3.05, 3.63) is 36.0 Å². The molecule has 88 valence electrons. The monoisotopic (exact) mass is 230 g/mol. The van der Waals surface area contributed by atoms with E-state index in [0.717, 1.165) is 29.6 Å². The van der Waals surface area contributed by atoms with Crippen LogP contribution in [0.4, 0.5) is 5.82 Å². The summed E-state index contributed by atoms with van der Waals surface area (Å²) in [5.74, 6) is -0.176. The van der Waals surface area contributed by atoms with Crippen LogP contribution in [-0.4, -0.2) is 22.6 Å². The van der Waals surface area contributed by atoms with Crippen LogP contribution in [0, 0.1) is 0 Å². The second-order valence-corrected chi connectivity index (χ2v) is 3.83. The van der Waals surface area contributed by atoms with Gasteiger partial charge >= 0.3 is 5.97 Å². The van der Waals surface area contributed by atoms with E-state index in [1.165, 1.54) is 0 Å². The van der Waals surface area contributed by atoms with Gasteiger partial charge < -0.3 is 10.4 Å². The normalized spacial score (nSPS) is 10.4. The third kappa shape index (κ3) is 2.36. The van der Waals surface area contributed by atoms with Gasteiger partial charge in [-0.1, -0.05) is 13.0 Å². The highest BCUT2D eigenvalue weighted by Crippen LogP contribution is 2.22. The Labute approximate surface area is 99.3 Å². The van der Waals surface area contributed by atoms with Gasteiger partial charge in [0.2, 0.25) is 0 Å². The summed E-state index contributed by atoms with van der Waals surface area (Å²) in [6.07, 6.45) is 2.72. The molecule has 1 aromatic heterocycles. The quantitative estimate of drug-likeness (QED) is 0.847. The number of pyridine rings is 1. The van der Waals surface area contributed by atoms with Crippen molar-refractivity contribution in [3.8, 4) is 0 Å². The molecule has 0 atom stereocenters. The number of carbonyl (C=O) groups is 1. The molecule has 2 aromatic rings. The lowest BCUT2D eigenvalue weighted by molar-refractivity contribution is 0.0697. The Bertz CT molecular complexity index is 552. The van der Waals surface area contributed by atoms with E-state index < -0.39 is 5.97 Å². The highest BCUT2D eigenvalue weighted by atomic mass is 16.4. The summed E-state index contributed by atoms with van der Waals surface area (Å²) >= 11 is 0. The van der Waals surface area contributed by atoms with Crippen LogP contribution >= 0.6 is 0 Å². The minimum absolute atomic E-state index is 0.282. The van der Waals surface area contributed by atoms with Gasteiger partial charge in [-0.3, -0.25) is 0 Å². The van der Waals surface area contributed by atoms with Gasteiger partial charge in [0.05, 0.1) is 5.56 Å². The van der Waals surface area contributed by atoms with Crippen LogP contribution in [0.3, 0.4) is 0 Å². The van der Waals surface area contributed by atoms with Crippen molar-refractivity contribution in [2.45, 2.75) is 13.3 Å². The van der Waals surface area contributed by atoms with Crippen molar-refractivity contribution in [1.82, 2.24) is 4.98 Å². The van der Waals surface area contributed by atoms with Crippen molar-refractivity contribution in [1.29, 1.82) is 0 Å². The van der Waals surface area contributed by atoms with Crippen LogP contribution in [0.25, 0.3) is 10.8 Å². The standard InChI is InChI=1S/C13H14N2O2/c1-2-6-14-12-11-8-10(13(16)17)4-3-9(11)5-7-15-12/h3-5,7-8H,2,6H2,1H3,(H,14,15)(H,16,17). The van der Waals surface area contributed by atoms with Gasteiger partial charge in [0, 0.05) is 18.1 Å². The molecule has 0 aliphatic heterocycles. The maximum atomic E-state index is 10.9. The van der Waals surface area contributed by atoms with Crippen molar-refractivity contribution >= 4 is 22.6 Å². The van der Waals surface area contributed by atoms with E-state index in [9.17, 15) is 4.79 Å². The number of rotatable bonds is 4. The van der Waals surface area contributed by atoms with Crippen LogP contribution in [0.5, 0.6) is 0 Å². The fourth-order valence-electron chi connectivity index (χ4n) is 1.69. The highest BCUT2D eigenvalue weighted by Gasteiger charge is 2.06. The molecule has 0 unspecified atom stereocenters. The SMILES string of the molecule is CCCNc1nccc2ccc(C(=O)O)cc12. The molecule has 0 aliphatic rings. The third-order valence-corrected chi connectivity index (χ3v) is 2.56. The number of benzene rings is 1. The fraction of sp³-hybridized carbons (Fsp3) is 0.231. The molecule has 1 aromatic carbocycles. The summed E-state index contributed by atoms with van der Waals surface area (Å²) in [4.78, 5) is 15.2. The van der Waals surface area contributed by atoms with E-state index in [4.69, 9.17) is 5.11 Å². The molecular weight excluding hydrogens is 216 g/mol. The molecule has 0 aliphatic carbocycles. The maximum absolute atomic E-state index is 10.9. The van der Waals surface area contributed by atoms with Crippen molar-refractivity contribution < 1.29 is 9.90 Å². The molecule has 0 amide bonds. The minimum Gasteiger partial charge on any atom is -0.478 e. The van der Waals surface area contributed by atoms with Crippen LogP contribution < -0.4 is 5.32 Å². The lowest BCUT2D eigenvalue weighted by Gasteiger charge is -2.08. The van der Waals surface area contributed by atoms with E-state index >= 15 is 0 Å². The summed E-state index contributed by atoms with van der Waals surface area (Å²) in [6.45, 7) is 2.89. The molecule has 2 rings (SSSR count). The molecule has 1 heterocycles. The Kier molecular flexibility index (Phi) is 3.23. The second-order valence-electron chi connectivity index (χ2n) is 3.83. The minimum atomic E-state index is -0.919. The first-order chi connectivity index (χ1) is 8.22. The van der Waals surface area contributed by atoms with Crippen molar-refractivity contribution in [2.75, 3.05) is 11.9 Å². The van der Waals surface area contributed by atoms with Gasteiger partial charge in [0.25, 0.3) is 0 Å². The summed E-state index contributed by atoms with van der Waals surface area (Å²) in [6, 6.07) is 6.94. The van der Waals surface area contributed by atoms with Crippen LogP contribution in [0.2, 0.25) is 0 Å². The molecule has 17 heavy (non-hydrogen) atoms. The Morgan fingerprint density at radius 3 is 2.94 bits per heavy atom. The number of nitrogens with zero attached hydrogens (tertiary/aromatic N) is 1. The van der Waals surface area contributed by atoms with Crippen LogP contribution in [0.15, 0.2) is 30.5 Å². The molecular formula is C13H14N2O2. The Morgan fingerprint density at radius 2 is 2.24 bits per heavy atom. The largest absolute Gasteiger partial charge is 0.478 e. The maximum Gasteiger partial charge on any atom is 0.335 e. The summed E-state index contributed by atoms with van der Waals surface area (Å²) in [5, 5.41) is 14.0. The van der Waals surface area contributed by atoms with E-state index in [1.54, 1.807) is 24.4 Å². The molecule has 0 bridgehead atoms. The molecule has 4 heteroatoms. The molecule has 0 fully saturated rings. The Morgan fingerprint density at radius 1 is 1.41 bits per heavy atom. The van der Waals surface area contributed by atoms with E-state index in [0.29, 0.717) is 0 Å². The van der Waals surface area contributed by atoms with E-state index in [-0.39, 0.29) is 5.56 Å². The molecule has 0 saturated heterocycles. The zero-order valence-electron chi connectivity index (χ0n) is 9.60. The lowest BCUT2D eigenvalue weighted by Crippen LogP contribution is -2.03. The van der Waals surface area contributed by atoms with Gasteiger partial charge in [0.15, 0.2) is 0 Å². The average Bonchev–Trinajstić information content (AvgIpc) is 2.35. The zero-order chi connectivity index (χ0) is 12.3. The highest BCUT2D eigenvalue weighted by molar-refractivity contribution is 5.98. The Hall–Kier alpha value is -2.10. The molecule has 0 spiro atoms. The third-order valence-electron chi connectivity index (χ3n) is 2.56. The van der Waals surface area contributed by atoms with Crippen LogP contribution in [-0.2, 0) is 0 Å². The molecule has 4 nitrogen and oxygen atoms in total. The van der Waals surface area contributed by atoms with Gasteiger partial charge in [0.1, 0.15) is 5.82 Å². The second kappa shape index (κ2) is 4.82. The summed E-state index contributed by atoms with van der Waals surface area (Å²) in [5.41, 5.74) is 0.282. The fourth-order valence-corrected chi connectivity index (χ4v) is 1.69. The number of nitrogens with one attached hydrogen (secondary N) is 1. The number of aromatic nitrogens is 1. The predicted octanol–water partition coefficient (Wildman–Crippen LogP) is 2.75. The first kappa shape index (κ1) is 11.4. The number of hydrogen-bond acceptors (Lipinski definition) is 3. The number of aromatic carboxylic acids is 1. The number of fused-ring (bicyclic) bond motifs is 1. The first-order valence-corrected chi connectivity index (χ1v) is 5.58. The summed E-state index contributed by atoms with van der Waals surface area (Å²) < 4.78 is 0. The van der Waals surface area contributed by atoms with Crippen LogP contribution in [0.1, 0.15) is 23.7 Å². The molecule has 0 saturated carbocycles. The lowest BCUT2D eigenvalue weighted by atomic mass is 10.1. The molecule has 0 radical (unpaired) electrons. The molecule has 2 N–H and O–H groups in total. The van der Waals surface area contributed by atoms with Gasteiger partial charge in [-0.25, -0.2) is 9.78 Å². The smallest absolute Gasteiger partial charge is 0.335 e. The van der Waals surface area contributed by atoms with Gasteiger partial charge in [-0.2, -0.15) is 0 Å². The first-order valence-electron chi connectivity index (χ1n) is 5.58.